The van der Waals surface area contributed by atoms with E-state index >= 15 is 0 Å². The van der Waals surface area contributed by atoms with Crippen molar-refractivity contribution < 1.29 is 4.74 Å². The topological polar surface area (TPSA) is 21.3 Å². The van der Waals surface area contributed by atoms with E-state index in [2.05, 4.69) is 56.4 Å². The SMILES string of the molecule is CC(C)(C)CC(NCCC1CCCO1)c1ccccc1. The van der Waals surface area contributed by atoms with E-state index in [0.717, 1.165) is 26.0 Å². The highest BCUT2D eigenvalue weighted by Crippen LogP contribution is 2.29. The average Bonchev–Trinajstić information content (AvgIpc) is 2.90. The summed E-state index contributed by atoms with van der Waals surface area (Å²) in [4.78, 5) is 0. The summed E-state index contributed by atoms with van der Waals surface area (Å²) in [6, 6.07) is 11.3. The maximum atomic E-state index is 5.70. The van der Waals surface area contributed by atoms with Crippen LogP contribution in [-0.2, 0) is 4.74 Å². The summed E-state index contributed by atoms with van der Waals surface area (Å²) in [6.45, 7) is 8.93. The van der Waals surface area contributed by atoms with Crippen molar-refractivity contribution >= 4 is 0 Å². The standard InChI is InChI=1S/C18H29NO/c1-18(2,3)14-17(15-8-5-4-6-9-15)19-12-11-16-10-7-13-20-16/h4-6,8-9,16-17,19H,7,10-14H2,1-3H3. The predicted octanol–water partition coefficient (Wildman–Crippen LogP) is 4.32. The van der Waals surface area contributed by atoms with Crippen molar-refractivity contribution in [1.29, 1.82) is 0 Å². The molecule has 2 unspecified atom stereocenters. The minimum absolute atomic E-state index is 0.331. The zero-order valence-electron chi connectivity index (χ0n) is 13.2. The summed E-state index contributed by atoms with van der Waals surface area (Å²) in [6.07, 6.45) is 5.23. The summed E-state index contributed by atoms with van der Waals surface area (Å²) in [5, 5.41) is 3.74. The number of hydrogen-bond donors (Lipinski definition) is 1. The van der Waals surface area contributed by atoms with Gasteiger partial charge in [-0.25, -0.2) is 0 Å². The highest BCUT2D eigenvalue weighted by molar-refractivity contribution is 5.19. The van der Waals surface area contributed by atoms with Gasteiger partial charge in [-0.15, -0.1) is 0 Å². The Hall–Kier alpha value is -0.860. The third-order valence-corrected chi connectivity index (χ3v) is 3.90. The predicted molar refractivity (Wildman–Crippen MR) is 84.8 cm³/mol. The van der Waals surface area contributed by atoms with Crippen molar-refractivity contribution in [2.75, 3.05) is 13.2 Å². The molecule has 1 N–H and O–H groups in total. The minimum atomic E-state index is 0.331. The summed E-state index contributed by atoms with van der Waals surface area (Å²) >= 11 is 0. The molecular weight excluding hydrogens is 246 g/mol. The normalized spacial score (nSPS) is 21.1. The van der Waals surface area contributed by atoms with Gasteiger partial charge < -0.3 is 10.1 Å². The van der Waals surface area contributed by atoms with E-state index in [1.165, 1.54) is 18.4 Å². The molecule has 1 saturated heterocycles. The van der Waals surface area contributed by atoms with Crippen molar-refractivity contribution in [3.05, 3.63) is 35.9 Å². The van der Waals surface area contributed by atoms with Gasteiger partial charge in [0.15, 0.2) is 0 Å². The molecule has 1 aliphatic heterocycles. The monoisotopic (exact) mass is 275 g/mol. The van der Waals surface area contributed by atoms with Crippen LogP contribution in [0.1, 0.15) is 58.1 Å². The van der Waals surface area contributed by atoms with E-state index in [1.807, 2.05) is 0 Å². The molecule has 2 rings (SSSR count). The summed E-state index contributed by atoms with van der Waals surface area (Å²) in [7, 11) is 0. The lowest BCUT2D eigenvalue weighted by molar-refractivity contribution is 0.103. The van der Waals surface area contributed by atoms with Gasteiger partial charge in [-0.05, 0) is 43.2 Å². The second kappa shape index (κ2) is 7.24. The highest BCUT2D eigenvalue weighted by atomic mass is 16.5. The second-order valence-corrected chi connectivity index (χ2v) is 7.11. The Kier molecular flexibility index (Phi) is 5.62. The summed E-state index contributed by atoms with van der Waals surface area (Å²) < 4.78 is 5.70. The lowest BCUT2D eigenvalue weighted by atomic mass is 9.85. The Morgan fingerprint density at radius 2 is 2.00 bits per heavy atom. The number of ether oxygens (including phenoxy) is 1. The number of benzene rings is 1. The van der Waals surface area contributed by atoms with Gasteiger partial charge in [-0.2, -0.15) is 0 Å². The molecule has 2 atom stereocenters. The van der Waals surface area contributed by atoms with Crippen molar-refractivity contribution in [1.82, 2.24) is 5.32 Å². The van der Waals surface area contributed by atoms with Gasteiger partial charge in [0.2, 0.25) is 0 Å². The lowest BCUT2D eigenvalue weighted by Crippen LogP contribution is -2.28. The van der Waals surface area contributed by atoms with Gasteiger partial charge in [0, 0.05) is 12.6 Å². The fourth-order valence-corrected chi connectivity index (χ4v) is 2.90. The van der Waals surface area contributed by atoms with Gasteiger partial charge in [0.05, 0.1) is 6.10 Å². The maximum absolute atomic E-state index is 5.70. The van der Waals surface area contributed by atoms with Gasteiger partial charge in [-0.1, -0.05) is 51.1 Å². The molecule has 0 spiro atoms. The van der Waals surface area contributed by atoms with Crippen LogP contribution >= 0.6 is 0 Å². The van der Waals surface area contributed by atoms with E-state index in [4.69, 9.17) is 4.74 Å². The molecule has 1 aromatic rings. The largest absolute Gasteiger partial charge is 0.378 e. The van der Waals surface area contributed by atoms with Gasteiger partial charge in [0.1, 0.15) is 0 Å². The van der Waals surface area contributed by atoms with Gasteiger partial charge >= 0.3 is 0 Å². The van der Waals surface area contributed by atoms with E-state index < -0.39 is 0 Å². The van der Waals surface area contributed by atoms with E-state index in [-0.39, 0.29) is 0 Å². The van der Waals surface area contributed by atoms with E-state index in [1.54, 1.807) is 0 Å². The molecule has 0 bridgehead atoms. The van der Waals surface area contributed by atoms with Crippen molar-refractivity contribution in [2.45, 2.75) is 58.6 Å². The zero-order valence-corrected chi connectivity index (χ0v) is 13.2. The van der Waals surface area contributed by atoms with Crippen LogP contribution in [0.4, 0.5) is 0 Å². The van der Waals surface area contributed by atoms with Gasteiger partial charge in [-0.3, -0.25) is 0 Å². The molecule has 0 aromatic heterocycles. The van der Waals surface area contributed by atoms with Crippen LogP contribution in [0.3, 0.4) is 0 Å². The van der Waals surface area contributed by atoms with Crippen molar-refractivity contribution in [2.24, 2.45) is 5.41 Å². The lowest BCUT2D eigenvalue weighted by Gasteiger charge is -2.27. The molecule has 1 aromatic carbocycles. The molecule has 20 heavy (non-hydrogen) atoms. The first-order valence-electron chi connectivity index (χ1n) is 7.94. The Morgan fingerprint density at radius 1 is 1.25 bits per heavy atom. The number of nitrogens with one attached hydrogen (secondary N) is 1. The molecular formula is C18H29NO. The maximum Gasteiger partial charge on any atom is 0.0588 e. The molecule has 0 saturated carbocycles. The molecule has 2 nitrogen and oxygen atoms in total. The Morgan fingerprint density at radius 3 is 2.60 bits per heavy atom. The number of hydrogen-bond acceptors (Lipinski definition) is 2. The Bertz CT molecular complexity index is 376. The zero-order chi connectivity index (χ0) is 14.4. The van der Waals surface area contributed by atoms with E-state index in [0.29, 0.717) is 17.6 Å². The first-order chi connectivity index (χ1) is 9.54. The van der Waals surface area contributed by atoms with Crippen LogP contribution < -0.4 is 5.32 Å². The van der Waals surface area contributed by atoms with Crippen LogP contribution in [0, 0.1) is 5.41 Å². The molecule has 2 heteroatoms. The molecule has 0 radical (unpaired) electrons. The molecule has 0 amide bonds. The fraction of sp³-hybridized carbons (Fsp3) is 0.667. The third kappa shape index (κ3) is 5.26. The Labute approximate surface area is 123 Å². The molecule has 1 heterocycles. The van der Waals surface area contributed by atoms with Crippen molar-refractivity contribution in [3.63, 3.8) is 0 Å². The first kappa shape index (κ1) is 15.5. The van der Waals surface area contributed by atoms with Crippen LogP contribution in [0.25, 0.3) is 0 Å². The Balaban J connectivity index is 1.88. The highest BCUT2D eigenvalue weighted by Gasteiger charge is 2.21. The summed E-state index contributed by atoms with van der Waals surface area (Å²) in [5.41, 5.74) is 1.73. The van der Waals surface area contributed by atoms with E-state index in [9.17, 15) is 0 Å². The minimum Gasteiger partial charge on any atom is -0.378 e. The first-order valence-corrected chi connectivity index (χ1v) is 7.94. The van der Waals surface area contributed by atoms with Crippen LogP contribution in [0.15, 0.2) is 30.3 Å². The quantitative estimate of drug-likeness (QED) is 0.834. The number of rotatable bonds is 6. The van der Waals surface area contributed by atoms with Crippen LogP contribution in [0.5, 0.6) is 0 Å². The third-order valence-electron chi connectivity index (χ3n) is 3.90. The van der Waals surface area contributed by atoms with Gasteiger partial charge in [0.25, 0.3) is 0 Å². The summed E-state index contributed by atoms with van der Waals surface area (Å²) in [5.74, 6) is 0. The van der Waals surface area contributed by atoms with Crippen LogP contribution in [0.2, 0.25) is 0 Å². The molecule has 1 fully saturated rings. The fourth-order valence-electron chi connectivity index (χ4n) is 2.90. The molecule has 1 aliphatic rings. The van der Waals surface area contributed by atoms with Crippen molar-refractivity contribution in [3.8, 4) is 0 Å². The van der Waals surface area contributed by atoms with Crippen LogP contribution in [-0.4, -0.2) is 19.3 Å². The smallest absolute Gasteiger partial charge is 0.0588 e. The second-order valence-electron chi connectivity index (χ2n) is 7.11. The molecule has 0 aliphatic carbocycles. The molecule has 112 valence electrons. The average molecular weight is 275 g/mol.